The maximum Gasteiger partial charge on any atom is 0.301 e. The number of carbonyl (C=O) groups is 2. The molecule has 1 aliphatic rings. The van der Waals surface area contributed by atoms with Crippen molar-refractivity contribution in [3.63, 3.8) is 0 Å². The molecule has 0 aliphatic carbocycles. The molecule has 1 saturated heterocycles. The molecule has 1 aromatic heterocycles. The Morgan fingerprint density at radius 2 is 1.86 bits per heavy atom. The molecule has 0 radical (unpaired) electrons. The smallest absolute Gasteiger partial charge is 0.301 e. The second-order valence-electron chi connectivity index (χ2n) is 8.17. The molecule has 1 aliphatic heterocycles. The van der Waals surface area contributed by atoms with E-state index >= 15 is 0 Å². The van der Waals surface area contributed by atoms with Gasteiger partial charge in [-0.25, -0.2) is 4.98 Å². The highest BCUT2D eigenvalue weighted by Crippen LogP contribution is 2.46. The monoisotopic (exact) mass is 536 g/mol. The Hall–Kier alpha value is -4.08. The SMILES string of the molecule is CCOc1ccc2nc(N3C(=O)C(=O)/C(=C(/O)c4ccc(Cl)cc4)C3c3ccc(O)c(OC)c3)sc2c1. The Morgan fingerprint density at radius 3 is 2.57 bits per heavy atom. The molecule has 2 heterocycles. The van der Waals surface area contributed by atoms with Gasteiger partial charge in [0.15, 0.2) is 16.6 Å². The van der Waals surface area contributed by atoms with Crippen molar-refractivity contribution in [1.29, 1.82) is 0 Å². The molecule has 37 heavy (non-hydrogen) atoms. The topological polar surface area (TPSA) is 109 Å². The van der Waals surface area contributed by atoms with E-state index in [0.29, 0.717) is 34.0 Å². The molecule has 1 fully saturated rings. The van der Waals surface area contributed by atoms with Crippen molar-refractivity contribution in [1.82, 2.24) is 4.98 Å². The normalized spacial score (nSPS) is 16.9. The molecule has 8 nitrogen and oxygen atoms in total. The number of aliphatic hydroxyl groups excluding tert-OH is 1. The zero-order valence-electron chi connectivity index (χ0n) is 19.8. The van der Waals surface area contributed by atoms with Crippen LogP contribution in [0.4, 0.5) is 5.13 Å². The molecule has 188 valence electrons. The maximum atomic E-state index is 13.4. The maximum absolute atomic E-state index is 13.4. The minimum atomic E-state index is -1.03. The molecule has 0 saturated carbocycles. The van der Waals surface area contributed by atoms with Gasteiger partial charge in [0.05, 0.1) is 35.5 Å². The first-order valence-electron chi connectivity index (χ1n) is 11.3. The molecule has 2 N–H and O–H groups in total. The number of aliphatic hydroxyl groups is 1. The second kappa shape index (κ2) is 9.76. The van der Waals surface area contributed by atoms with E-state index in [1.54, 1.807) is 42.5 Å². The van der Waals surface area contributed by atoms with Crippen LogP contribution < -0.4 is 14.4 Å². The number of hydrogen-bond donors (Lipinski definition) is 2. The third-order valence-corrected chi connectivity index (χ3v) is 7.22. The van der Waals surface area contributed by atoms with E-state index in [2.05, 4.69) is 4.98 Å². The van der Waals surface area contributed by atoms with E-state index in [4.69, 9.17) is 21.1 Å². The molecule has 4 aromatic rings. The molecule has 1 unspecified atom stereocenters. The summed E-state index contributed by atoms with van der Waals surface area (Å²) in [4.78, 5) is 32.7. The third kappa shape index (κ3) is 4.36. The molecule has 1 amide bonds. The number of anilines is 1. The summed E-state index contributed by atoms with van der Waals surface area (Å²) in [5.74, 6) is -1.34. The van der Waals surface area contributed by atoms with E-state index in [1.807, 2.05) is 13.0 Å². The highest BCUT2D eigenvalue weighted by Gasteiger charge is 2.48. The number of thiazole rings is 1. The van der Waals surface area contributed by atoms with Crippen molar-refractivity contribution < 1.29 is 29.3 Å². The van der Waals surface area contributed by atoms with Gasteiger partial charge in [0.1, 0.15) is 11.5 Å². The quantitative estimate of drug-likeness (QED) is 0.185. The zero-order chi connectivity index (χ0) is 26.3. The van der Waals surface area contributed by atoms with E-state index in [9.17, 15) is 19.8 Å². The van der Waals surface area contributed by atoms with Crippen molar-refractivity contribution in [2.24, 2.45) is 0 Å². The Kier molecular flexibility index (Phi) is 6.49. The highest BCUT2D eigenvalue weighted by molar-refractivity contribution is 7.22. The Balaban J connectivity index is 1.71. The fourth-order valence-electron chi connectivity index (χ4n) is 4.23. The van der Waals surface area contributed by atoms with Gasteiger partial charge in [-0.2, -0.15) is 0 Å². The molecule has 5 rings (SSSR count). The number of carbonyl (C=O) groups excluding carboxylic acids is 2. The van der Waals surface area contributed by atoms with Gasteiger partial charge < -0.3 is 19.7 Å². The largest absolute Gasteiger partial charge is 0.507 e. The van der Waals surface area contributed by atoms with Gasteiger partial charge in [0, 0.05) is 10.6 Å². The molecule has 10 heteroatoms. The summed E-state index contributed by atoms with van der Waals surface area (Å²) in [6.45, 7) is 2.38. The number of aromatic nitrogens is 1. The number of methoxy groups -OCH3 is 1. The summed E-state index contributed by atoms with van der Waals surface area (Å²) >= 11 is 7.22. The number of rotatable bonds is 6. The number of aromatic hydroxyl groups is 1. The van der Waals surface area contributed by atoms with Crippen LogP contribution in [0.3, 0.4) is 0 Å². The number of ether oxygens (including phenoxy) is 2. The third-order valence-electron chi connectivity index (χ3n) is 5.95. The van der Waals surface area contributed by atoms with Gasteiger partial charge in [0.2, 0.25) is 0 Å². The molecular weight excluding hydrogens is 516 g/mol. The Bertz CT molecular complexity index is 1560. The number of halogens is 1. The predicted molar refractivity (Wildman–Crippen MR) is 142 cm³/mol. The van der Waals surface area contributed by atoms with E-state index < -0.39 is 17.7 Å². The first-order valence-corrected chi connectivity index (χ1v) is 12.5. The molecule has 0 bridgehead atoms. The van der Waals surface area contributed by atoms with Crippen LogP contribution in [0, 0.1) is 0 Å². The first kappa shape index (κ1) is 24.6. The van der Waals surface area contributed by atoms with Crippen molar-refractivity contribution in [2.45, 2.75) is 13.0 Å². The lowest BCUT2D eigenvalue weighted by atomic mass is 9.95. The lowest BCUT2D eigenvalue weighted by Gasteiger charge is -2.23. The van der Waals surface area contributed by atoms with Crippen molar-refractivity contribution in [2.75, 3.05) is 18.6 Å². The molecule has 1 atom stereocenters. The standard InChI is InChI=1S/C27H21ClN2O6S/c1-3-36-17-9-10-18-21(13-17)37-27(29-18)30-23(15-6-11-19(31)20(12-15)35-2)22(25(33)26(30)34)24(32)14-4-7-16(28)8-5-14/h4-13,23,31-32H,3H2,1-2H3/b24-22+. The summed E-state index contributed by atoms with van der Waals surface area (Å²) < 4.78 is 11.6. The van der Waals surface area contributed by atoms with E-state index in [-0.39, 0.29) is 28.0 Å². The Morgan fingerprint density at radius 1 is 1.11 bits per heavy atom. The fraction of sp³-hybridized carbons (Fsp3) is 0.148. The first-order chi connectivity index (χ1) is 17.8. The lowest BCUT2D eigenvalue weighted by Crippen LogP contribution is -2.29. The van der Waals surface area contributed by atoms with Gasteiger partial charge in [-0.3, -0.25) is 14.5 Å². The Labute approximate surface area is 221 Å². The van der Waals surface area contributed by atoms with Gasteiger partial charge in [-0.15, -0.1) is 0 Å². The average Bonchev–Trinajstić information content (AvgIpc) is 3.42. The average molecular weight is 537 g/mol. The summed E-state index contributed by atoms with van der Waals surface area (Å²) in [5.41, 5.74) is 1.28. The van der Waals surface area contributed by atoms with Crippen LogP contribution in [0.1, 0.15) is 24.1 Å². The number of nitrogens with zero attached hydrogens (tertiary/aromatic N) is 2. The molecular formula is C27H21ClN2O6S. The number of fused-ring (bicyclic) bond motifs is 1. The van der Waals surface area contributed by atoms with Crippen LogP contribution in [-0.4, -0.2) is 40.6 Å². The number of phenols is 1. The van der Waals surface area contributed by atoms with Crippen LogP contribution >= 0.6 is 22.9 Å². The van der Waals surface area contributed by atoms with Crippen molar-refractivity contribution in [3.05, 3.63) is 82.4 Å². The fourth-order valence-corrected chi connectivity index (χ4v) is 5.37. The van der Waals surface area contributed by atoms with Gasteiger partial charge in [-0.1, -0.05) is 29.0 Å². The highest BCUT2D eigenvalue weighted by atomic mass is 35.5. The van der Waals surface area contributed by atoms with Crippen LogP contribution in [0.2, 0.25) is 5.02 Å². The van der Waals surface area contributed by atoms with E-state index in [0.717, 1.165) is 4.70 Å². The van der Waals surface area contributed by atoms with Crippen molar-refractivity contribution in [3.8, 4) is 17.2 Å². The molecule has 0 spiro atoms. The molecule has 3 aromatic carbocycles. The van der Waals surface area contributed by atoms with Crippen LogP contribution in [0.25, 0.3) is 16.0 Å². The summed E-state index contributed by atoms with van der Waals surface area (Å²) in [7, 11) is 1.40. The number of amides is 1. The number of ketones is 1. The lowest BCUT2D eigenvalue weighted by molar-refractivity contribution is -0.132. The van der Waals surface area contributed by atoms with E-state index in [1.165, 1.54) is 35.5 Å². The predicted octanol–water partition coefficient (Wildman–Crippen LogP) is 5.69. The zero-order valence-corrected chi connectivity index (χ0v) is 21.3. The number of benzene rings is 3. The van der Waals surface area contributed by atoms with Crippen LogP contribution in [0.5, 0.6) is 17.2 Å². The minimum Gasteiger partial charge on any atom is -0.507 e. The summed E-state index contributed by atoms with van der Waals surface area (Å²) in [6.07, 6.45) is 0. The van der Waals surface area contributed by atoms with Gasteiger partial charge in [-0.05, 0) is 67.1 Å². The number of Topliss-reactive ketones (excluding diaryl/α,β-unsaturated/α-hetero) is 1. The number of phenolic OH excluding ortho intramolecular Hbond substituents is 1. The summed E-state index contributed by atoms with van der Waals surface area (Å²) in [5, 5.41) is 22.1. The van der Waals surface area contributed by atoms with Gasteiger partial charge >= 0.3 is 5.91 Å². The summed E-state index contributed by atoms with van der Waals surface area (Å²) in [6, 6.07) is 15.1. The van der Waals surface area contributed by atoms with Crippen LogP contribution in [0.15, 0.2) is 66.2 Å². The minimum absolute atomic E-state index is 0.107. The van der Waals surface area contributed by atoms with Crippen LogP contribution in [-0.2, 0) is 9.59 Å². The van der Waals surface area contributed by atoms with Crippen molar-refractivity contribution >= 4 is 55.7 Å². The second-order valence-corrected chi connectivity index (χ2v) is 9.61. The number of hydrogen-bond acceptors (Lipinski definition) is 8. The van der Waals surface area contributed by atoms with Gasteiger partial charge in [0.25, 0.3) is 5.78 Å².